The lowest BCUT2D eigenvalue weighted by atomic mass is 9.89. The molecule has 1 N–H and O–H groups in total. The number of anilines is 1. The summed E-state index contributed by atoms with van der Waals surface area (Å²) in [5, 5.41) is 2.57. The standard InChI is InChI=1S/C34H47F3N4O8/c1-20(2)41(24-13-10-15-39(19-24)32(46)48-22(4)47-30(44)23-11-8-7-9-12-23)29(43)25-17-27-28(18-26(25)34(35,36)37)49-33(5,6)31(45)40(27)16-14-38-21(3)42/h17-18,20,22-24H,7-16,19H2,1-6H3,(H,38,42)/t22?,24-/m1/s1. The minimum Gasteiger partial charge on any atom is -0.476 e. The largest absolute Gasteiger partial charge is 0.476 e. The Hall–Kier alpha value is -4.04. The monoisotopic (exact) mass is 696 g/mol. The highest BCUT2D eigenvalue weighted by atomic mass is 19.4. The number of nitrogens with zero attached hydrogens (tertiary/aromatic N) is 3. The van der Waals surface area contributed by atoms with E-state index in [-0.39, 0.29) is 49.4 Å². The number of nitrogens with one attached hydrogen (secondary N) is 1. The molecular weight excluding hydrogens is 649 g/mol. The fourth-order valence-electron chi connectivity index (χ4n) is 6.74. The van der Waals surface area contributed by atoms with Gasteiger partial charge in [-0.1, -0.05) is 19.3 Å². The van der Waals surface area contributed by atoms with E-state index in [9.17, 15) is 37.1 Å². The van der Waals surface area contributed by atoms with Gasteiger partial charge in [0.2, 0.25) is 12.2 Å². The van der Waals surface area contributed by atoms with Crippen LogP contribution >= 0.6 is 0 Å². The molecule has 4 rings (SSSR count). The van der Waals surface area contributed by atoms with Gasteiger partial charge < -0.3 is 34.2 Å². The number of benzene rings is 1. The van der Waals surface area contributed by atoms with Crippen LogP contribution in [0.3, 0.4) is 0 Å². The minimum absolute atomic E-state index is 0.0169. The van der Waals surface area contributed by atoms with Crippen molar-refractivity contribution in [3.8, 4) is 5.75 Å². The molecule has 2 heterocycles. The topological polar surface area (TPSA) is 135 Å². The molecule has 1 aromatic carbocycles. The average molecular weight is 697 g/mol. The molecule has 1 saturated carbocycles. The number of carbonyl (C=O) groups is 5. The zero-order chi connectivity index (χ0) is 36.3. The van der Waals surface area contributed by atoms with Crippen LogP contribution in [-0.2, 0) is 30.0 Å². The van der Waals surface area contributed by atoms with Gasteiger partial charge in [-0.05, 0) is 65.5 Å². The van der Waals surface area contributed by atoms with Gasteiger partial charge in [0.25, 0.3) is 11.8 Å². The third kappa shape index (κ3) is 8.96. The molecular formula is C34H47F3N4O8. The lowest BCUT2D eigenvalue weighted by molar-refractivity contribution is -0.172. The van der Waals surface area contributed by atoms with Gasteiger partial charge in [0, 0.05) is 46.1 Å². The number of halogens is 3. The van der Waals surface area contributed by atoms with Crippen LogP contribution in [-0.4, -0.2) is 89.7 Å². The number of piperidine rings is 1. The summed E-state index contributed by atoms with van der Waals surface area (Å²) in [6.07, 6.45) is -1.62. The highest BCUT2D eigenvalue weighted by Crippen LogP contribution is 2.44. The SMILES string of the molecule is CC(=O)NCCN1C(=O)C(C)(C)Oc2cc(C(F)(F)F)c(C(=O)N(C(C)C)[C@@H]3CCCN(C(=O)OC(C)OC(=O)C4CCCCC4)C3)cc21. The van der Waals surface area contributed by atoms with Gasteiger partial charge >= 0.3 is 18.2 Å². The van der Waals surface area contributed by atoms with Crippen molar-refractivity contribution in [2.75, 3.05) is 31.1 Å². The van der Waals surface area contributed by atoms with Crippen molar-refractivity contribution >= 4 is 35.5 Å². The molecule has 0 spiro atoms. The first-order chi connectivity index (χ1) is 22.9. The molecule has 3 aliphatic rings. The van der Waals surface area contributed by atoms with Crippen molar-refractivity contribution in [2.45, 2.75) is 117 Å². The Morgan fingerprint density at radius 1 is 1.04 bits per heavy atom. The van der Waals surface area contributed by atoms with Crippen LogP contribution in [0.15, 0.2) is 12.1 Å². The zero-order valence-corrected chi connectivity index (χ0v) is 29.0. The Labute approximate surface area is 284 Å². The second kappa shape index (κ2) is 15.2. The number of hydrogen-bond acceptors (Lipinski definition) is 8. The van der Waals surface area contributed by atoms with Crippen LogP contribution < -0.4 is 15.0 Å². The molecule has 4 amide bonds. The van der Waals surface area contributed by atoms with Crippen LogP contribution in [0.2, 0.25) is 0 Å². The second-order valence-electron chi connectivity index (χ2n) is 13.7. The zero-order valence-electron chi connectivity index (χ0n) is 29.0. The van der Waals surface area contributed by atoms with Gasteiger partial charge in [0.1, 0.15) is 5.75 Å². The fraction of sp³-hybridized carbons (Fsp3) is 0.676. The molecule has 0 radical (unpaired) electrons. The highest BCUT2D eigenvalue weighted by molar-refractivity contribution is 6.05. The maximum atomic E-state index is 14.6. The normalized spacial score (nSPS) is 20.2. The third-order valence-corrected chi connectivity index (χ3v) is 9.09. The first-order valence-electron chi connectivity index (χ1n) is 16.9. The maximum absolute atomic E-state index is 14.6. The molecule has 1 aliphatic carbocycles. The summed E-state index contributed by atoms with van der Waals surface area (Å²) in [6.45, 7) is 9.16. The molecule has 272 valence electrons. The van der Waals surface area contributed by atoms with Crippen molar-refractivity contribution in [1.82, 2.24) is 15.1 Å². The number of fused-ring (bicyclic) bond motifs is 1. The molecule has 2 fully saturated rings. The molecule has 0 aromatic heterocycles. The van der Waals surface area contributed by atoms with Crippen LogP contribution in [0.1, 0.15) is 102 Å². The van der Waals surface area contributed by atoms with E-state index in [0.29, 0.717) is 12.8 Å². The minimum atomic E-state index is -4.95. The van der Waals surface area contributed by atoms with Crippen molar-refractivity contribution in [3.05, 3.63) is 23.3 Å². The summed E-state index contributed by atoms with van der Waals surface area (Å²) in [7, 11) is 0. The summed E-state index contributed by atoms with van der Waals surface area (Å²) in [5.41, 5.74) is -3.44. The first-order valence-corrected chi connectivity index (χ1v) is 16.9. The quantitative estimate of drug-likeness (QED) is 0.273. The van der Waals surface area contributed by atoms with Gasteiger partial charge in [-0.25, -0.2) is 4.79 Å². The summed E-state index contributed by atoms with van der Waals surface area (Å²) in [6, 6.07) is 0.516. The number of ether oxygens (including phenoxy) is 3. The van der Waals surface area contributed by atoms with E-state index in [0.717, 1.165) is 44.2 Å². The lowest BCUT2D eigenvalue weighted by Gasteiger charge is -2.42. The molecule has 15 heteroatoms. The Morgan fingerprint density at radius 3 is 2.33 bits per heavy atom. The Balaban J connectivity index is 1.58. The average Bonchev–Trinajstić information content (AvgIpc) is 3.02. The predicted octanol–water partition coefficient (Wildman–Crippen LogP) is 5.27. The number of amides is 4. The van der Waals surface area contributed by atoms with Crippen LogP contribution in [0, 0.1) is 5.92 Å². The third-order valence-electron chi connectivity index (χ3n) is 9.09. The van der Waals surface area contributed by atoms with Crippen molar-refractivity contribution in [2.24, 2.45) is 5.92 Å². The smallest absolute Gasteiger partial charge is 0.417 e. The molecule has 1 saturated heterocycles. The van der Waals surface area contributed by atoms with Gasteiger partial charge in [-0.3, -0.25) is 19.2 Å². The van der Waals surface area contributed by atoms with Crippen LogP contribution in [0.25, 0.3) is 0 Å². The van der Waals surface area contributed by atoms with E-state index in [2.05, 4.69) is 5.32 Å². The molecule has 2 atom stereocenters. The second-order valence-corrected chi connectivity index (χ2v) is 13.7. The lowest BCUT2D eigenvalue weighted by Crippen LogP contribution is -2.55. The molecule has 49 heavy (non-hydrogen) atoms. The Kier molecular flexibility index (Phi) is 11.7. The van der Waals surface area contributed by atoms with E-state index in [1.807, 2.05) is 0 Å². The van der Waals surface area contributed by atoms with E-state index in [4.69, 9.17) is 14.2 Å². The number of alkyl halides is 3. The summed E-state index contributed by atoms with van der Waals surface area (Å²) in [5.74, 6) is -2.70. The Morgan fingerprint density at radius 2 is 1.71 bits per heavy atom. The fourth-order valence-corrected chi connectivity index (χ4v) is 6.74. The number of rotatable bonds is 9. The molecule has 12 nitrogen and oxygen atoms in total. The van der Waals surface area contributed by atoms with Gasteiger partial charge in [0.15, 0.2) is 5.60 Å². The molecule has 2 aliphatic heterocycles. The van der Waals surface area contributed by atoms with E-state index in [1.165, 1.54) is 42.4 Å². The molecule has 1 unspecified atom stereocenters. The van der Waals surface area contributed by atoms with E-state index in [1.54, 1.807) is 13.8 Å². The number of esters is 1. The van der Waals surface area contributed by atoms with E-state index < -0.39 is 65.2 Å². The van der Waals surface area contributed by atoms with Crippen molar-refractivity contribution < 1.29 is 51.4 Å². The summed E-state index contributed by atoms with van der Waals surface area (Å²) >= 11 is 0. The van der Waals surface area contributed by atoms with Crippen LogP contribution in [0.5, 0.6) is 5.75 Å². The van der Waals surface area contributed by atoms with Gasteiger partial charge in [-0.15, -0.1) is 0 Å². The van der Waals surface area contributed by atoms with E-state index >= 15 is 0 Å². The highest BCUT2D eigenvalue weighted by Gasteiger charge is 2.45. The summed E-state index contributed by atoms with van der Waals surface area (Å²) < 4.78 is 60.3. The molecule has 0 bridgehead atoms. The number of carbonyl (C=O) groups excluding carboxylic acids is 5. The van der Waals surface area contributed by atoms with Crippen molar-refractivity contribution in [1.29, 1.82) is 0 Å². The van der Waals surface area contributed by atoms with Crippen molar-refractivity contribution in [3.63, 3.8) is 0 Å². The summed E-state index contributed by atoms with van der Waals surface area (Å²) in [4.78, 5) is 68.6. The maximum Gasteiger partial charge on any atom is 0.417 e. The first kappa shape index (κ1) is 37.8. The number of hydrogen-bond donors (Lipinski definition) is 1. The molecule has 1 aromatic rings. The number of likely N-dealkylation sites (tertiary alicyclic amines) is 1. The predicted molar refractivity (Wildman–Crippen MR) is 172 cm³/mol. The van der Waals surface area contributed by atoms with Gasteiger partial charge in [-0.2, -0.15) is 13.2 Å². The van der Waals surface area contributed by atoms with Crippen LogP contribution in [0.4, 0.5) is 23.7 Å². The Bertz CT molecular complexity index is 1430. The van der Waals surface area contributed by atoms with Gasteiger partial charge in [0.05, 0.1) is 28.8 Å².